The van der Waals surface area contributed by atoms with Crippen molar-refractivity contribution in [3.8, 4) is 17.3 Å². The number of aliphatic hydroxyl groups excluding tert-OH is 1. The zero-order chi connectivity index (χ0) is 33.1. The quantitative estimate of drug-likeness (QED) is 0.0573. The number of aliphatic hydroxyl groups is 1. The van der Waals surface area contributed by atoms with E-state index in [2.05, 4.69) is 32.2 Å². The van der Waals surface area contributed by atoms with E-state index in [0.29, 0.717) is 24.9 Å². The van der Waals surface area contributed by atoms with E-state index in [-0.39, 0.29) is 59.0 Å². The molecule has 1 amide bonds. The van der Waals surface area contributed by atoms with Gasteiger partial charge in [0.15, 0.2) is 0 Å². The molecule has 0 aliphatic carbocycles. The van der Waals surface area contributed by atoms with Crippen LogP contribution in [0.4, 0.5) is 22.0 Å². The number of carbonyl (C=O) groups excluding carboxylic acids is 1. The minimum Gasteiger partial charge on any atom is -0.499 e. The lowest BCUT2D eigenvalue weighted by Gasteiger charge is -2.26. The number of nitrogens with zero attached hydrogens (tertiary/aromatic N) is 4. The van der Waals surface area contributed by atoms with Crippen LogP contribution in [-0.2, 0) is 32.7 Å². The van der Waals surface area contributed by atoms with Gasteiger partial charge in [-0.25, -0.2) is 13.8 Å². The molecule has 0 bridgehead atoms. The van der Waals surface area contributed by atoms with Crippen molar-refractivity contribution in [1.82, 2.24) is 19.7 Å². The maximum atomic E-state index is 14.3. The number of thiophene rings is 1. The predicted octanol–water partition coefficient (Wildman–Crippen LogP) is 5.88. The van der Waals surface area contributed by atoms with Crippen molar-refractivity contribution in [2.75, 3.05) is 19.8 Å². The average molecular weight is 665 g/mol. The Kier molecular flexibility index (Phi) is 13.2. The molecule has 44 heavy (non-hydrogen) atoms. The number of ether oxygens (including phenoxy) is 1. The normalized spacial score (nSPS) is 13.4. The van der Waals surface area contributed by atoms with Crippen molar-refractivity contribution in [1.29, 1.82) is 0 Å². The molecule has 0 unspecified atom stereocenters. The first-order valence-corrected chi connectivity index (χ1v) is 15.0. The highest BCUT2D eigenvalue weighted by Crippen LogP contribution is 2.40. The van der Waals surface area contributed by atoms with Crippen LogP contribution >= 0.6 is 11.3 Å². The van der Waals surface area contributed by atoms with E-state index in [9.17, 15) is 35.2 Å². The second-order valence-electron chi connectivity index (χ2n) is 8.12. The van der Waals surface area contributed by atoms with Crippen LogP contribution in [0.1, 0.15) is 25.1 Å². The molecule has 3 aromatic heterocycles. The topological polar surface area (TPSA) is 124 Å². The Balaban J connectivity index is 0.000000755. The molecule has 240 valence electrons. The molecule has 0 radical (unpaired) electrons. The number of amides is 1. The summed E-state index contributed by atoms with van der Waals surface area (Å²) in [7, 11) is -6.07. The Labute approximate surface area is 254 Å². The minimum atomic E-state index is -6.07. The van der Waals surface area contributed by atoms with E-state index < -0.39 is 27.3 Å². The third-order valence-corrected chi connectivity index (χ3v) is 7.33. The van der Waals surface area contributed by atoms with Crippen LogP contribution in [0.15, 0.2) is 61.2 Å². The van der Waals surface area contributed by atoms with Crippen molar-refractivity contribution >= 4 is 43.5 Å². The van der Waals surface area contributed by atoms with Gasteiger partial charge in [0, 0.05) is 22.9 Å². The molecule has 4 heterocycles. The summed E-state index contributed by atoms with van der Waals surface area (Å²) in [6.07, 6.45) is 3.81. The molecule has 17 heteroatoms. The van der Waals surface area contributed by atoms with Gasteiger partial charge >= 0.3 is 15.6 Å². The summed E-state index contributed by atoms with van der Waals surface area (Å²) in [5.74, 6) is -2.25. The molecule has 1 aliphatic rings. The van der Waals surface area contributed by atoms with Crippen LogP contribution in [0, 0.1) is 0 Å². The van der Waals surface area contributed by atoms with Crippen molar-refractivity contribution in [2.24, 2.45) is 0 Å². The Morgan fingerprint density at radius 3 is 2.52 bits per heavy atom. The van der Waals surface area contributed by atoms with Crippen molar-refractivity contribution in [2.45, 2.75) is 32.4 Å². The number of halogens is 5. The second-order valence-corrected chi connectivity index (χ2v) is 10.6. The molecule has 10 nitrogen and oxygen atoms in total. The first-order chi connectivity index (χ1) is 20.9. The fourth-order valence-corrected chi connectivity index (χ4v) is 4.98. The zero-order valence-corrected chi connectivity index (χ0v) is 25.2. The number of aromatic nitrogens is 3. The number of pyridine rings is 1. The van der Waals surface area contributed by atoms with Gasteiger partial charge in [0.25, 0.3) is 0 Å². The molecule has 1 N–H and O–H groups in total. The van der Waals surface area contributed by atoms with Crippen LogP contribution in [-0.4, -0.2) is 64.4 Å². The van der Waals surface area contributed by atoms with Crippen LogP contribution in [0.25, 0.3) is 27.6 Å². The standard InChI is InChI=1S/C21H15F5N4O4S2.C4H8O2.C2H6/c1-2-17(31)29-6-7-30-13(11-29)10-16(28-30)18-15(9-12(23)3-5-22)19-14(4-8-35-19)20(27-18)34-36(32,33)21(24,25)26;1-2-6-4-3-5;1-2/h2-5,8-10H,1,6-7,11H2;2,5H,1,3-4H2;1-2H3/b5-3+,12-9?;;. The number of hydrogen-bond donors (Lipinski definition) is 1. The van der Waals surface area contributed by atoms with E-state index in [1.54, 1.807) is 0 Å². The number of allylic oxidation sites excluding steroid dienone is 2. The maximum absolute atomic E-state index is 14.3. The Morgan fingerprint density at radius 2 is 1.95 bits per heavy atom. The van der Waals surface area contributed by atoms with Crippen LogP contribution in [0.3, 0.4) is 0 Å². The average Bonchev–Trinajstić information content (AvgIpc) is 3.65. The summed E-state index contributed by atoms with van der Waals surface area (Å²) < 4.78 is 99.7. The Morgan fingerprint density at radius 1 is 1.25 bits per heavy atom. The zero-order valence-electron chi connectivity index (χ0n) is 23.6. The summed E-state index contributed by atoms with van der Waals surface area (Å²) in [6, 6.07) is 2.74. The first kappa shape index (κ1) is 36.1. The summed E-state index contributed by atoms with van der Waals surface area (Å²) in [6.45, 7) is 11.8. The van der Waals surface area contributed by atoms with E-state index >= 15 is 0 Å². The van der Waals surface area contributed by atoms with E-state index in [1.807, 2.05) is 13.8 Å². The van der Waals surface area contributed by atoms with Crippen LogP contribution in [0.5, 0.6) is 5.88 Å². The largest absolute Gasteiger partial charge is 0.534 e. The lowest BCUT2D eigenvalue weighted by atomic mass is 10.1. The maximum Gasteiger partial charge on any atom is 0.534 e. The third-order valence-electron chi connectivity index (χ3n) is 5.44. The summed E-state index contributed by atoms with van der Waals surface area (Å²) in [5.41, 5.74) is -5.33. The lowest BCUT2D eigenvalue weighted by molar-refractivity contribution is -0.127. The molecular weight excluding hydrogens is 635 g/mol. The van der Waals surface area contributed by atoms with Gasteiger partial charge in [0.05, 0.1) is 43.4 Å². The highest BCUT2D eigenvalue weighted by Gasteiger charge is 2.49. The number of hydrogen-bond acceptors (Lipinski definition) is 9. The second kappa shape index (κ2) is 16.1. The first-order valence-electron chi connectivity index (χ1n) is 12.7. The summed E-state index contributed by atoms with van der Waals surface area (Å²) in [4.78, 5) is 17.4. The smallest absolute Gasteiger partial charge is 0.499 e. The van der Waals surface area contributed by atoms with Gasteiger partial charge in [0.1, 0.15) is 23.8 Å². The number of alkyl halides is 3. The molecule has 0 saturated heterocycles. The van der Waals surface area contributed by atoms with E-state index in [0.717, 1.165) is 23.5 Å². The Hall–Kier alpha value is -4.09. The summed E-state index contributed by atoms with van der Waals surface area (Å²) >= 11 is 0.949. The number of carbonyl (C=O) groups is 1. The molecule has 0 atom stereocenters. The molecule has 4 rings (SSSR count). The van der Waals surface area contributed by atoms with Gasteiger partial charge in [-0.2, -0.15) is 26.7 Å². The van der Waals surface area contributed by atoms with Gasteiger partial charge in [-0.15, -0.1) is 11.3 Å². The molecule has 1 aliphatic heterocycles. The van der Waals surface area contributed by atoms with Gasteiger partial charge in [-0.05, 0) is 29.7 Å². The highest BCUT2D eigenvalue weighted by atomic mass is 32.2. The van der Waals surface area contributed by atoms with E-state index in [4.69, 9.17) is 5.11 Å². The SMILES string of the molecule is C=CC(=O)N1CCn2nc(-c3nc(OS(=O)(=O)C(F)(F)F)c4ccsc4c3C=C(F)/C=C/F)cc2C1.C=COCCO.CC. The molecule has 0 saturated carbocycles. The van der Waals surface area contributed by atoms with E-state index in [1.165, 1.54) is 33.4 Å². The molecule has 0 spiro atoms. The number of fused-ring (bicyclic) bond motifs is 2. The van der Waals surface area contributed by atoms with Gasteiger partial charge in [-0.1, -0.05) is 27.0 Å². The van der Waals surface area contributed by atoms with Crippen LogP contribution < -0.4 is 4.18 Å². The predicted molar refractivity (Wildman–Crippen MR) is 156 cm³/mol. The molecule has 3 aromatic rings. The fraction of sp³-hybridized carbons (Fsp3) is 0.296. The van der Waals surface area contributed by atoms with Crippen molar-refractivity contribution in [3.05, 3.63) is 72.5 Å². The molecule has 0 aromatic carbocycles. The molecule has 0 fully saturated rings. The van der Waals surface area contributed by atoms with Gasteiger partial charge in [0.2, 0.25) is 11.8 Å². The monoisotopic (exact) mass is 664 g/mol. The third kappa shape index (κ3) is 8.73. The van der Waals surface area contributed by atoms with Crippen molar-refractivity contribution < 1.29 is 49.2 Å². The van der Waals surface area contributed by atoms with Gasteiger partial charge < -0.3 is 18.9 Å². The van der Waals surface area contributed by atoms with Gasteiger partial charge in [-0.3, -0.25) is 9.48 Å². The number of rotatable bonds is 9. The highest BCUT2D eigenvalue weighted by molar-refractivity contribution is 7.88. The van der Waals surface area contributed by atoms with Crippen LogP contribution in [0.2, 0.25) is 0 Å². The fourth-order valence-electron chi connectivity index (χ4n) is 3.64. The lowest BCUT2D eigenvalue weighted by Crippen LogP contribution is -2.37. The minimum absolute atomic E-state index is 0.0156. The summed E-state index contributed by atoms with van der Waals surface area (Å²) in [5, 5.41) is 13.7. The van der Waals surface area contributed by atoms with Crippen molar-refractivity contribution in [3.63, 3.8) is 0 Å². The molecular formula is C27H29F5N4O6S2. The Bertz CT molecular complexity index is 1630.